The van der Waals surface area contributed by atoms with Gasteiger partial charge in [0.15, 0.2) is 0 Å². The number of aromatic nitrogens is 2. The SMILES string of the molecule is NC(=O)c1csc(CNCCn2ccnc2)c1. The van der Waals surface area contributed by atoms with Crippen LogP contribution in [0.15, 0.2) is 30.2 Å². The summed E-state index contributed by atoms with van der Waals surface area (Å²) in [5, 5.41) is 5.09. The molecule has 0 spiro atoms. The highest BCUT2D eigenvalue weighted by Crippen LogP contribution is 2.13. The first kappa shape index (κ1) is 11.8. The molecular formula is C11H14N4OS. The van der Waals surface area contributed by atoms with Gasteiger partial charge in [-0.05, 0) is 6.07 Å². The molecule has 1 amide bonds. The van der Waals surface area contributed by atoms with Crippen LogP contribution in [-0.4, -0.2) is 22.0 Å². The molecule has 0 atom stereocenters. The van der Waals surface area contributed by atoms with Gasteiger partial charge in [0.25, 0.3) is 0 Å². The molecule has 2 aromatic heterocycles. The summed E-state index contributed by atoms with van der Waals surface area (Å²) in [6.07, 6.45) is 5.48. The zero-order chi connectivity index (χ0) is 12.1. The van der Waals surface area contributed by atoms with Gasteiger partial charge in [-0.2, -0.15) is 0 Å². The van der Waals surface area contributed by atoms with Crippen LogP contribution in [0.25, 0.3) is 0 Å². The van der Waals surface area contributed by atoms with Crippen LogP contribution in [0.5, 0.6) is 0 Å². The van der Waals surface area contributed by atoms with Crippen molar-refractivity contribution in [3.63, 3.8) is 0 Å². The number of carbonyl (C=O) groups is 1. The number of hydrogen-bond donors (Lipinski definition) is 2. The minimum absolute atomic E-state index is 0.370. The lowest BCUT2D eigenvalue weighted by atomic mass is 10.3. The second kappa shape index (κ2) is 5.60. The van der Waals surface area contributed by atoms with Crippen LogP contribution in [0, 0.1) is 0 Å². The number of hydrogen-bond acceptors (Lipinski definition) is 4. The molecule has 90 valence electrons. The first-order valence-electron chi connectivity index (χ1n) is 5.29. The van der Waals surface area contributed by atoms with E-state index in [4.69, 9.17) is 5.73 Å². The average molecular weight is 250 g/mol. The molecule has 0 aromatic carbocycles. The minimum atomic E-state index is -0.370. The maximum Gasteiger partial charge on any atom is 0.249 e. The van der Waals surface area contributed by atoms with Gasteiger partial charge in [0.05, 0.1) is 11.9 Å². The number of carbonyl (C=O) groups excluding carboxylic acids is 1. The highest BCUT2D eigenvalue weighted by atomic mass is 32.1. The molecule has 0 aliphatic rings. The number of thiophene rings is 1. The predicted octanol–water partition coefficient (Wildman–Crippen LogP) is 0.833. The molecule has 0 saturated heterocycles. The van der Waals surface area contributed by atoms with Gasteiger partial charge in [-0.3, -0.25) is 4.79 Å². The second-order valence-electron chi connectivity index (χ2n) is 3.64. The van der Waals surface area contributed by atoms with Gasteiger partial charge in [-0.15, -0.1) is 11.3 Å². The first-order valence-corrected chi connectivity index (χ1v) is 6.17. The Hall–Kier alpha value is -1.66. The quantitative estimate of drug-likeness (QED) is 0.746. The van der Waals surface area contributed by atoms with E-state index in [1.165, 1.54) is 0 Å². The number of nitrogens with zero attached hydrogens (tertiary/aromatic N) is 2. The van der Waals surface area contributed by atoms with Crippen molar-refractivity contribution in [1.82, 2.24) is 14.9 Å². The van der Waals surface area contributed by atoms with Crippen LogP contribution in [0.4, 0.5) is 0 Å². The molecule has 0 aliphatic carbocycles. The van der Waals surface area contributed by atoms with E-state index in [1.807, 2.05) is 16.8 Å². The summed E-state index contributed by atoms with van der Waals surface area (Å²) in [7, 11) is 0. The van der Waals surface area contributed by atoms with Crippen LogP contribution in [0.1, 0.15) is 15.2 Å². The molecule has 0 bridgehead atoms. The van der Waals surface area contributed by atoms with Crippen molar-refractivity contribution >= 4 is 17.2 Å². The molecule has 0 fully saturated rings. The van der Waals surface area contributed by atoms with Crippen molar-refractivity contribution in [2.45, 2.75) is 13.1 Å². The minimum Gasteiger partial charge on any atom is -0.366 e. The number of rotatable bonds is 6. The van der Waals surface area contributed by atoms with Crippen molar-refractivity contribution < 1.29 is 4.79 Å². The fourth-order valence-corrected chi connectivity index (χ4v) is 2.28. The van der Waals surface area contributed by atoms with Crippen LogP contribution in [0.3, 0.4) is 0 Å². The summed E-state index contributed by atoms with van der Waals surface area (Å²) in [4.78, 5) is 16.0. The summed E-state index contributed by atoms with van der Waals surface area (Å²) < 4.78 is 2.01. The zero-order valence-corrected chi connectivity index (χ0v) is 10.1. The van der Waals surface area contributed by atoms with Gasteiger partial charge in [-0.1, -0.05) is 0 Å². The van der Waals surface area contributed by atoms with Gasteiger partial charge in [-0.25, -0.2) is 4.98 Å². The fourth-order valence-electron chi connectivity index (χ4n) is 1.44. The van der Waals surface area contributed by atoms with Gasteiger partial charge < -0.3 is 15.6 Å². The van der Waals surface area contributed by atoms with Crippen LogP contribution < -0.4 is 11.1 Å². The molecule has 17 heavy (non-hydrogen) atoms. The highest BCUT2D eigenvalue weighted by molar-refractivity contribution is 7.10. The van der Waals surface area contributed by atoms with Crippen LogP contribution in [-0.2, 0) is 13.1 Å². The van der Waals surface area contributed by atoms with Crippen molar-refractivity contribution in [3.05, 3.63) is 40.6 Å². The normalized spacial score (nSPS) is 10.6. The molecule has 2 rings (SSSR count). The van der Waals surface area contributed by atoms with E-state index in [9.17, 15) is 4.79 Å². The lowest BCUT2D eigenvalue weighted by Gasteiger charge is -2.03. The Kier molecular flexibility index (Phi) is 3.89. The number of primary amides is 1. The smallest absolute Gasteiger partial charge is 0.249 e. The Morgan fingerprint density at radius 2 is 2.47 bits per heavy atom. The van der Waals surface area contributed by atoms with Crippen molar-refractivity contribution in [2.75, 3.05) is 6.54 Å². The van der Waals surface area contributed by atoms with E-state index in [0.29, 0.717) is 5.56 Å². The Morgan fingerprint density at radius 1 is 1.59 bits per heavy atom. The van der Waals surface area contributed by atoms with Gasteiger partial charge in [0, 0.05) is 42.3 Å². The van der Waals surface area contributed by atoms with E-state index >= 15 is 0 Å². The molecule has 2 heterocycles. The molecule has 3 N–H and O–H groups in total. The Bertz CT molecular complexity index is 477. The number of imidazole rings is 1. The maximum atomic E-state index is 10.9. The third-order valence-corrected chi connectivity index (χ3v) is 3.28. The Morgan fingerprint density at radius 3 is 3.12 bits per heavy atom. The van der Waals surface area contributed by atoms with Crippen molar-refractivity contribution in [2.24, 2.45) is 5.73 Å². The first-order chi connectivity index (χ1) is 8.25. The Balaban J connectivity index is 1.72. The van der Waals surface area contributed by atoms with E-state index in [2.05, 4.69) is 10.3 Å². The lowest BCUT2D eigenvalue weighted by Crippen LogP contribution is -2.18. The van der Waals surface area contributed by atoms with Crippen LogP contribution in [0.2, 0.25) is 0 Å². The largest absolute Gasteiger partial charge is 0.366 e. The molecule has 5 nitrogen and oxygen atoms in total. The summed E-state index contributed by atoms with van der Waals surface area (Å²) >= 11 is 1.54. The second-order valence-corrected chi connectivity index (χ2v) is 4.64. The third kappa shape index (κ3) is 3.40. The molecule has 0 saturated carbocycles. The standard InChI is InChI=1S/C11H14N4OS/c12-11(16)9-5-10(17-7-9)6-13-1-3-15-4-2-14-8-15/h2,4-5,7-8,13H,1,3,6H2,(H2,12,16). The molecule has 0 unspecified atom stereocenters. The molecular weight excluding hydrogens is 236 g/mol. The summed E-state index contributed by atoms with van der Waals surface area (Å²) in [5.41, 5.74) is 5.77. The van der Waals surface area contributed by atoms with Crippen molar-refractivity contribution in [1.29, 1.82) is 0 Å². The molecule has 2 aromatic rings. The molecule has 0 aliphatic heterocycles. The third-order valence-electron chi connectivity index (χ3n) is 2.34. The van der Waals surface area contributed by atoms with E-state index in [-0.39, 0.29) is 5.91 Å². The zero-order valence-electron chi connectivity index (χ0n) is 9.30. The predicted molar refractivity (Wildman–Crippen MR) is 66.8 cm³/mol. The molecule has 0 radical (unpaired) electrons. The number of amides is 1. The van der Waals surface area contributed by atoms with E-state index < -0.39 is 0 Å². The van der Waals surface area contributed by atoms with Gasteiger partial charge in [0.1, 0.15) is 0 Å². The van der Waals surface area contributed by atoms with Crippen LogP contribution >= 0.6 is 11.3 Å². The fraction of sp³-hybridized carbons (Fsp3) is 0.273. The summed E-state index contributed by atoms with van der Waals surface area (Å²) in [6, 6.07) is 1.83. The Labute approximate surface area is 103 Å². The van der Waals surface area contributed by atoms with E-state index in [0.717, 1.165) is 24.5 Å². The monoisotopic (exact) mass is 250 g/mol. The van der Waals surface area contributed by atoms with E-state index in [1.54, 1.807) is 29.2 Å². The average Bonchev–Trinajstić information content (AvgIpc) is 2.96. The number of nitrogens with two attached hydrogens (primary N) is 1. The van der Waals surface area contributed by atoms with Crippen molar-refractivity contribution in [3.8, 4) is 0 Å². The maximum absolute atomic E-state index is 10.9. The summed E-state index contributed by atoms with van der Waals surface area (Å²) in [6.45, 7) is 2.50. The number of nitrogens with one attached hydrogen (secondary N) is 1. The molecule has 6 heteroatoms. The van der Waals surface area contributed by atoms with Gasteiger partial charge in [0.2, 0.25) is 5.91 Å². The lowest BCUT2D eigenvalue weighted by molar-refractivity contribution is 0.100. The topological polar surface area (TPSA) is 72.9 Å². The highest BCUT2D eigenvalue weighted by Gasteiger charge is 2.03. The van der Waals surface area contributed by atoms with Gasteiger partial charge >= 0.3 is 0 Å². The summed E-state index contributed by atoms with van der Waals surface area (Å²) in [5.74, 6) is -0.370.